The van der Waals surface area contributed by atoms with Gasteiger partial charge in [0.05, 0.1) is 11.2 Å². The van der Waals surface area contributed by atoms with E-state index in [0.717, 1.165) is 0 Å². The standard InChI is InChI=1S/C6H6ClNO2/c7-5-1-2-8-3-6(5)10-4-9/h3-4H,1-2H2. The van der Waals surface area contributed by atoms with Gasteiger partial charge < -0.3 is 4.74 Å². The van der Waals surface area contributed by atoms with Gasteiger partial charge in [-0.25, -0.2) is 0 Å². The lowest BCUT2D eigenvalue weighted by Gasteiger charge is -2.05. The number of halogens is 1. The highest BCUT2D eigenvalue weighted by Gasteiger charge is 2.06. The van der Waals surface area contributed by atoms with E-state index in [9.17, 15) is 4.79 Å². The fraction of sp³-hybridized carbons (Fsp3) is 0.333. The third-order valence-electron chi connectivity index (χ3n) is 1.11. The van der Waals surface area contributed by atoms with Gasteiger partial charge >= 0.3 is 0 Å². The Morgan fingerprint density at radius 1 is 1.80 bits per heavy atom. The van der Waals surface area contributed by atoms with Gasteiger partial charge in [0.25, 0.3) is 6.47 Å². The predicted octanol–water partition coefficient (Wildman–Crippen LogP) is 1.08. The van der Waals surface area contributed by atoms with E-state index >= 15 is 0 Å². The molecule has 0 bridgehead atoms. The Morgan fingerprint density at radius 3 is 3.20 bits per heavy atom. The first-order chi connectivity index (χ1) is 4.84. The number of dihydropyridines is 1. The van der Waals surface area contributed by atoms with Gasteiger partial charge in [-0.3, -0.25) is 9.79 Å². The first-order valence-electron chi connectivity index (χ1n) is 2.83. The molecule has 1 aliphatic heterocycles. The van der Waals surface area contributed by atoms with Crippen LogP contribution in [0.15, 0.2) is 15.8 Å². The number of rotatable bonds is 2. The van der Waals surface area contributed by atoms with Crippen LogP contribution in [0.4, 0.5) is 0 Å². The fourth-order valence-electron chi connectivity index (χ4n) is 0.650. The first-order valence-corrected chi connectivity index (χ1v) is 3.21. The maximum Gasteiger partial charge on any atom is 0.298 e. The molecule has 4 heteroatoms. The lowest BCUT2D eigenvalue weighted by Crippen LogP contribution is -2.01. The molecule has 10 heavy (non-hydrogen) atoms. The summed E-state index contributed by atoms with van der Waals surface area (Å²) in [7, 11) is 0. The van der Waals surface area contributed by atoms with Crippen LogP contribution in [-0.4, -0.2) is 19.2 Å². The number of carbonyl (C=O) groups is 1. The number of nitrogens with zero attached hydrogens (tertiary/aromatic N) is 1. The van der Waals surface area contributed by atoms with Crippen LogP contribution >= 0.6 is 11.6 Å². The van der Waals surface area contributed by atoms with E-state index in [2.05, 4.69) is 9.73 Å². The Labute approximate surface area is 63.3 Å². The number of hydrogen-bond acceptors (Lipinski definition) is 3. The minimum absolute atomic E-state index is 0.342. The molecule has 0 spiro atoms. The van der Waals surface area contributed by atoms with Crippen molar-refractivity contribution in [1.82, 2.24) is 0 Å². The van der Waals surface area contributed by atoms with Crippen LogP contribution in [0.25, 0.3) is 0 Å². The quantitative estimate of drug-likeness (QED) is 0.566. The normalized spacial score (nSPS) is 17.3. The van der Waals surface area contributed by atoms with E-state index in [1.165, 1.54) is 6.21 Å². The van der Waals surface area contributed by atoms with Crippen molar-refractivity contribution in [2.24, 2.45) is 4.99 Å². The molecule has 0 aromatic rings. The molecule has 0 amide bonds. The Hall–Kier alpha value is -0.830. The number of ether oxygens (including phenoxy) is 1. The molecular weight excluding hydrogens is 154 g/mol. The maximum absolute atomic E-state index is 9.84. The molecule has 0 fully saturated rings. The molecule has 1 heterocycles. The molecule has 0 atom stereocenters. The van der Waals surface area contributed by atoms with Crippen LogP contribution in [0.3, 0.4) is 0 Å². The lowest BCUT2D eigenvalue weighted by molar-refractivity contribution is -0.124. The van der Waals surface area contributed by atoms with E-state index in [4.69, 9.17) is 11.6 Å². The molecule has 0 radical (unpaired) electrons. The molecular formula is C6H6ClNO2. The van der Waals surface area contributed by atoms with E-state index in [0.29, 0.717) is 30.2 Å². The van der Waals surface area contributed by atoms with Crippen LogP contribution in [0.5, 0.6) is 0 Å². The van der Waals surface area contributed by atoms with E-state index < -0.39 is 0 Å². The molecule has 0 aliphatic carbocycles. The zero-order valence-electron chi connectivity index (χ0n) is 5.21. The lowest BCUT2D eigenvalue weighted by atomic mass is 10.3. The van der Waals surface area contributed by atoms with Crippen molar-refractivity contribution < 1.29 is 9.53 Å². The van der Waals surface area contributed by atoms with Crippen molar-refractivity contribution in [2.75, 3.05) is 6.54 Å². The molecule has 0 N–H and O–H groups in total. The van der Waals surface area contributed by atoms with Crippen LogP contribution < -0.4 is 0 Å². The fourth-order valence-corrected chi connectivity index (χ4v) is 0.827. The maximum atomic E-state index is 9.84. The highest BCUT2D eigenvalue weighted by atomic mass is 35.5. The molecule has 0 unspecified atom stereocenters. The summed E-state index contributed by atoms with van der Waals surface area (Å²) in [5.74, 6) is 0.364. The monoisotopic (exact) mass is 159 g/mol. The number of carbonyl (C=O) groups excluding carboxylic acids is 1. The number of aliphatic imine (C=N–C) groups is 1. The topological polar surface area (TPSA) is 38.7 Å². The molecule has 3 nitrogen and oxygen atoms in total. The van der Waals surface area contributed by atoms with Crippen molar-refractivity contribution in [2.45, 2.75) is 6.42 Å². The molecule has 1 rings (SSSR count). The van der Waals surface area contributed by atoms with Crippen LogP contribution in [0, 0.1) is 0 Å². The summed E-state index contributed by atoms with van der Waals surface area (Å²) >= 11 is 5.67. The first kappa shape index (κ1) is 7.28. The summed E-state index contributed by atoms with van der Waals surface area (Å²) in [5.41, 5.74) is 0. The summed E-state index contributed by atoms with van der Waals surface area (Å²) in [4.78, 5) is 13.7. The molecule has 54 valence electrons. The average Bonchev–Trinajstić information content (AvgIpc) is 1.94. The number of allylic oxidation sites excluding steroid dienone is 1. The van der Waals surface area contributed by atoms with Gasteiger partial charge in [0.15, 0.2) is 5.76 Å². The summed E-state index contributed by atoms with van der Waals surface area (Å²) < 4.78 is 4.51. The van der Waals surface area contributed by atoms with Crippen molar-refractivity contribution in [3.8, 4) is 0 Å². The van der Waals surface area contributed by atoms with Crippen LogP contribution in [0.2, 0.25) is 0 Å². The Bertz CT molecular complexity index is 198. The summed E-state index contributed by atoms with van der Waals surface area (Å²) in [6, 6.07) is 0. The van der Waals surface area contributed by atoms with E-state index in [-0.39, 0.29) is 0 Å². The molecule has 1 aliphatic rings. The van der Waals surface area contributed by atoms with Gasteiger partial charge in [-0.2, -0.15) is 0 Å². The van der Waals surface area contributed by atoms with Crippen LogP contribution in [0.1, 0.15) is 6.42 Å². The van der Waals surface area contributed by atoms with Gasteiger partial charge in [-0.1, -0.05) is 11.6 Å². The van der Waals surface area contributed by atoms with Crippen molar-refractivity contribution >= 4 is 24.3 Å². The second kappa shape index (κ2) is 3.37. The minimum Gasteiger partial charge on any atom is -0.426 e. The molecule has 0 aromatic carbocycles. The van der Waals surface area contributed by atoms with Gasteiger partial charge in [0, 0.05) is 13.0 Å². The van der Waals surface area contributed by atoms with Crippen molar-refractivity contribution in [1.29, 1.82) is 0 Å². The molecule has 0 aromatic heterocycles. The SMILES string of the molecule is O=COC1=C(Cl)CCN=C1. The third-order valence-corrected chi connectivity index (χ3v) is 1.49. The largest absolute Gasteiger partial charge is 0.426 e. The Morgan fingerprint density at radius 2 is 2.60 bits per heavy atom. The van der Waals surface area contributed by atoms with Crippen molar-refractivity contribution in [3.05, 3.63) is 10.8 Å². The smallest absolute Gasteiger partial charge is 0.298 e. The second-order valence-electron chi connectivity index (χ2n) is 1.77. The van der Waals surface area contributed by atoms with Gasteiger partial charge in [0.1, 0.15) is 0 Å². The van der Waals surface area contributed by atoms with E-state index in [1.807, 2.05) is 0 Å². The summed E-state index contributed by atoms with van der Waals surface area (Å²) in [6.07, 6.45) is 2.11. The van der Waals surface area contributed by atoms with Gasteiger partial charge in [-0.05, 0) is 0 Å². The Kier molecular flexibility index (Phi) is 2.45. The zero-order chi connectivity index (χ0) is 7.40. The van der Waals surface area contributed by atoms with E-state index in [1.54, 1.807) is 0 Å². The third kappa shape index (κ3) is 1.57. The molecule has 0 saturated heterocycles. The minimum atomic E-state index is 0.342. The average molecular weight is 160 g/mol. The Balaban J connectivity index is 2.69. The van der Waals surface area contributed by atoms with Crippen molar-refractivity contribution in [3.63, 3.8) is 0 Å². The molecule has 0 saturated carbocycles. The van der Waals surface area contributed by atoms with Gasteiger partial charge in [0.2, 0.25) is 0 Å². The van der Waals surface area contributed by atoms with Gasteiger partial charge in [-0.15, -0.1) is 0 Å². The van der Waals surface area contributed by atoms with Crippen LogP contribution in [-0.2, 0) is 9.53 Å². The zero-order valence-corrected chi connectivity index (χ0v) is 5.97. The predicted molar refractivity (Wildman–Crippen MR) is 38.0 cm³/mol. The summed E-state index contributed by atoms with van der Waals surface area (Å²) in [6.45, 7) is 1.01. The summed E-state index contributed by atoms with van der Waals surface area (Å²) in [5, 5.41) is 0.558. The second-order valence-corrected chi connectivity index (χ2v) is 2.22. The number of hydrogen-bond donors (Lipinski definition) is 0. The highest BCUT2D eigenvalue weighted by Crippen LogP contribution is 2.16. The highest BCUT2D eigenvalue weighted by molar-refractivity contribution is 6.31.